The fourth-order valence-corrected chi connectivity index (χ4v) is 3.02. The largest absolute Gasteiger partial charge is 0.352 e. The SMILES string of the molecule is O=C(NCCc1ccc(Cl)cc1)c1ccc2nnc(-c3ccc(F)cc3)n2c1. The molecule has 0 aliphatic heterocycles. The van der Waals surface area contributed by atoms with Crippen molar-refractivity contribution in [2.75, 3.05) is 6.54 Å². The summed E-state index contributed by atoms with van der Waals surface area (Å²) in [6.07, 6.45) is 2.39. The van der Waals surface area contributed by atoms with Crippen molar-refractivity contribution in [1.29, 1.82) is 0 Å². The summed E-state index contributed by atoms with van der Waals surface area (Å²) >= 11 is 5.88. The van der Waals surface area contributed by atoms with Gasteiger partial charge >= 0.3 is 0 Å². The second-order valence-electron chi connectivity index (χ2n) is 6.31. The Hall–Kier alpha value is -3.25. The Labute approximate surface area is 165 Å². The lowest BCUT2D eigenvalue weighted by atomic mass is 10.1. The molecule has 0 radical (unpaired) electrons. The first-order chi connectivity index (χ1) is 13.6. The van der Waals surface area contributed by atoms with Gasteiger partial charge in [0.1, 0.15) is 5.82 Å². The quantitative estimate of drug-likeness (QED) is 0.553. The van der Waals surface area contributed by atoms with E-state index in [0.29, 0.717) is 40.6 Å². The van der Waals surface area contributed by atoms with E-state index in [0.717, 1.165) is 5.56 Å². The number of fused-ring (bicyclic) bond motifs is 1. The second kappa shape index (κ2) is 7.78. The summed E-state index contributed by atoms with van der Waals surface area (Å²) in [5.41, 5.74) is 2.91. The number of rotatable bonds is 5. The average molecular weight is 395 g/mol. The van der Waals surface area contributed by atoms with Crippen LogP contribution in [-0.4, -0.2) is 27.0 Å². The number of nitrogens with zero attached hydrogens (tertiary/aromatic N) is 3. The molecule has 0 saturated carbocycles. The van der Waals surface area contributed by atoms with Crippen molar-refractivity contribution in [3.8, 4) is 11.4 Å². The first-order valence-corrected chi connectivity index (χ1v) is 9.11. The average Bonchev–Trinajstić information content (AvgIpc) is 3.13. The van der Waals surface area contributed by atoms with Gasteiger partial charge in [0.2, 0.25) is 0 Å². The number of pyridine rings is 1. The number of carbonyl (C=O) groups excluding carboxylic acids is 1. The number of amides is 1. The summed E-state index contributed by atoms with van der Waals surface area (Å²) in [5, 5.41) is 11.9. The Kier molecular flexibility index (Phi) is 5.04. The van der Waals surface area contributed by atoms with Crippen molar-refractivity contribution in [2.24, 2.45) is 0 Å². The number of aromatic nitrogens is 3. The summed E-state index contributed by atoms with van der Waals surface area (Å²) in [6, 6.07) is 17.0. The Morgan fingerprint density at radius 3 is 2.50 bits per heavy atom. The van der Waals surface area contributed by atoms with Gasteiger partial charge in [-0.1, -0.05) is 23.7 Å². The third-order valence-corrected chi connectivity index (χ3v) is 4.63. The summed E-state index contributed by atoms with van der Waals surface area (Å²) in [7, 11) is 0. The number of carbonyl (C=O) groups is 1. The van der Waals surface area contributed by atoms with Crippen molar-refractivity contribution in [1.82, 2.24) is 19.9 Å². The number of hydrogen-bond acceptors (Lipinski definition) is 3. The molecule has 2 aromatic heterocycles. The maximum absolute atomic E-state index is 13.2. The lowest BCUT2D eigenvalue weighted by Crippen LogP contribution is -2.25. The van der Waals surface area contributed by atoms with Crippen LogP contribution in [0, 0.1) is 5.82 Å². The molecule has 0 aliphatic carbocycles. The van der Waals surface area contributed by atoms with E-state index in [4.69, 9.17) is 11.6 Å². The molecule has 0 atom stereocenters. The van der Waals surface area contributed by atoms with E-state index >= 15 is 0 Å². The molecule has 4 aromatic rings. The van der Waals surface area contributed by atoms with Crippen molar-refractivity contribution in [2.45, 2.75) is 6.42 Å². The molecular weight excluding hydrogens is 379 g/mol. The van der Waals surface area contributed by atoms with E-state index in [9.17, 15) is 9.18 Å². The highest BCUT2D eigenvalue weighted by molar-refractivity contribution is 6.30. The highest BCUT2D eigenvalue weighted by atomic mass is 35.5. The molecule has 1 amide bonds. The van der Waals surface area contributed by atoms with Crippen LogP contribution in [-0.2, 0) is 6.42 Å². The Morgan fingerprint density at radius 2 is 1.75 bits per heavy atom. The van der Waals surface area contributed by atoms with Gasteiger partial charge in [0.05, 0.1) is 5.56 Å². The van der Waals surface area contributed by atoms with E-state index in [1.54, 1.807) is 34.9 Å². The molecule has 0 saturated heterocycles. The first kappa shape index (κ1) is 18.1. The van der Waals surface area contributed by atoms with Gasteiger partial charge in [0, 0.05) is 23.3 Å². The maximum Gasteiger partial charge on any atom is 0.252 e. The predicted molar refractivity (Wildman–Crippen MR) is 106 cm³/mol. The number of nitrogens with one attached hydrogen (secondary N) is 1. The molecule has 0 bridgehead atoms. The monoisotopic (exact) mass is 394 g/mol. The topological polar surface area (TPSA) is 59.3 Å². The van der Waals surface area contributed by atoms with Gasteiger partial charge in [-0.3, -0.25) is 9.20 Å². The van der Waals surface area contributed by atoms with Crippen LogP contribution >= 0.6 is 11.6 Å². The minimum atomic E-state index is -0.321. The zero-order valence-corrected chi connectivity index (χ0v) is 15.5. The fraction of sp³-hybridized carbons (Fsp3) is 0.0952. The molecule has 4 rings (SSSR count). The van der Waals surface area contributed by atoms with Crippen LogP contribution < -0.4 is 5.32 Å². The lowest BCUT2D eigenvalue weighted by molar-refractivity contribution is 0.0953. The second-order valence-corrected chi connectivity index (χ2v) is 6.75. The fourth-order valence-electron chi connectivity index (χ4n) is 2.89. The molecule has 1 N–H and O–H groups in total. The van der Waals surface area contributed by atoms with Gasteiger partial charge in [0.15, 0.2) is 11.5 Å². The highest BCUT2D eigenvalue weighted by Crippen LogP contribution is 2.19. The van der Waals surface area contributed by atoms with Gasteiger partial charge in [-0.05, 0) is 60.5 Å². The van der Waals surface area contributed by atoms with Crippen molar-refractivity contribution >= 4 is 23.2 Å². The number of benzene rings is 2. The molecule has 140 valence electrons. The zero-order valence-electron chi connectivity index (χ0n) is 14.8. The van der Waals surface area contributed by atoms with Crippen LogP contribution in [0.15, 0.2) is 66.9 Å². The molecule has 0 aliphatic rings. The minimum Gasteiger partial charge on any atom is -0.352 e. The number of hydrogen-bond donors (Lipinski definition) is 1. The molecule has 7 heteroatoms. The zero-order chi connectivity index (χ0) is 19.5. The molecule has 0 fully saturated rings. The van der Waals surface area contributed by atoms with Gasteiger partial charge < -0.3 is 5.32 Å². The molecule has 0 unspecified atom stereocenters. The first-order valence-electron chi connectivity index (χ1n) is 8.73. The molecule has 2 heterocycles. The van der Waals surface area contributed by atoms with E-state index in [-0.39, 0.29) is 11.7 Å². The van der Waals surface area contributed by atoms with Gasteiger partial charge in [-0.2, -0.15) is 0 Å². The third-order valence-electron chi connectivity index (χ3n) is 4.38. The standard InChI is InChI=1S/C21H16ClFN4O/c22-17-6-1-14(2-7-17)11-12-24-21(28)16-5-10-19-25-26-20(27(19)13-16)15-3-8-18(23)9-4-15/h1-10,13H,11-12H2,(H,24,28). The molecule has 28 heavy (non-hydrogen) atoms. The highest BCUT2D eigenvalue weighted by Gasteiger charge is 2.12. The van der Waals surface area contributed by atoms with Crippen LogP contribution in [0.2, 0.25) is 5.02 Å². The Bertz CT molecular complexity index is 1120. The van der Waals surface area contributed by atoms with Gasteiger partial charge in [0.25, 0.3) is 5.91 Å². The normalized spacial score (nSPS) is 10.9. The molecule has 5 nitrogen and oxygen atoms in total. The molecular formula is C21H16ClFN4O. The molecule has 2 aromatic carbocycles. The van der Waals surface area contributed by atoms with E-state index in [2.05, 4.69) is 15.5 Å². The Balaban J connectivity index is 1.50. The van der Waals surface area contributed by atoms with Gasteiger partial charge in [-0.25, -0.2) is 4.39 Å². The van der Waals surface area contributed by atoms with E-state index < -0.39 is 0 Å². The third kappa shape index (κ3) is 3.87. The smallest absolute Gasteiger partial charge is 0.252 e. The van der Waals surface area contributed by atoms with Crippen LogP contribution in [0.25, 0.3) is 17.0 Å². The van der Waals surface area contributed by atoms with Crippen LogP contribution in [0.3, 0.4) is 0 Å². The van der Waals surface area contributed by atoms with Gasteiger partial charge in [-0.15, -0.1) is 10.2 Å². The number of halogens is 2. The van der Waals surface area contributed by atoms with Crippen molar-refractivity contribution in [3.05, 3.63) is 88.8 Å². The summed E-state index contributed by atoms with van der Waals surface area (Å²) in [4.78, 5) is 12.5. The summed E-state index contributed by atoms with van der Waals surface area (Å²) < 4.78 is 14.9. The summed E-state index contributed by atoms with van der Waals surface area (Å²) in [6.45, 7) is 0.505. The maximum atomic E-state index is 13.2. The van der Waals surface area contributed by atoms with Crippen LogP contribution in [0.5, 0.6) is 0 Å². The minimum absolute atomic E-state index is 0.186. The summed E-state index contributed by atoms with van der Waals surface area (Å²) in [5.74, 6) is 0.0405. The lowest BCUT2D eigenvalue weighted by Gasteiger charge is -2.07. The predicted octanol–water partition coefficient (Wildman–Crippen LogP) is 4.16. The van der Waals surface area contributed by atoms with Crippen molar-refractivity contribution in [3.63, 3.8) is 0 Å². The van der Waals surface area contributed by atoms with E-state index in [1.165, 1.54) is 12.1 Å². The van der Waals surface area contributed by atoms with Crippen molar-refractivity contribution < 1.29 is 9.18 Å². The van der Waals surface area contributed by atoms with Crippen LogP contribution in [0.4, 0.5) is 4.39 Å². The molecule has 0 spiro atoms. The Morgan fingerprint density at radius 1 is 1.00 bits per heavy atom. The van der Waals surface area contributed by atoms with Crippen LogP contribution in [0.1, 0.15) is 15.9 Å². The van der Waals surface area contributed by atoms with E-state index in [1.807, 2.05) is 24.3 Å².